The second-order valence-corrected chi connectivity index (χ2v) is 9.52. The molecular formula is C23H35N5O2. The van der Waals surface area contributed by atoms with Gasteiger partial charge in [0.1, 0.15) is 17.0 Å². The zero-order valence-corrected chi connectivity index (χ0v) is 18.6. The Hall–Kier alpha value is -2.18. The zero-order chi connectivity index (χ0) is 21.1. The number of anilines is 1. The topological polar surface area (TPSA) is 84.1 Å². The molecule has 1 saturated heterocycles. The maximum absolute atomic E-state index is 12.5. The second-order valence-electron chi connectivity index (χ2n) is 9.52. The number of hydrogen-bond donors (Lipinski definition) is 1. The van der Waals surface area contributed by atoms with Gasteiger partial charge in [0.15, 0.2) is 0 Å². The third kappa shape index (κ3) is 4.93. The predicted octanol–water partition coefficient (Wildman–Crippen LogP) is 4.18. The van der Waals surface area contributed by atoms with Crippen LogP contribution in [0.3, 0.4) is 0 Å². The Morgan fingerprint density at radius 2 is 1.80 bits per heavy atom. The molecule has 30 heavy (non-hydrogen) atoms. The lowest BCUT2D eigenvalue weighted by molar-refractivity contribution is -0.121. The van der Waals surface area contributed by atoms with E-state index in [1.807, 2.05) is 6.92 Å². The predicted molar refractivity (Wildman–Crippen MR) is 117 cm³/mol. The average Bonchev–Trinajstić information content (AvgIpc) is 2.90. The largest absolute Gasteiger partial charge is 0.355 e. The number of aromatic nitrogens is 3. The Bertz CT molecular complexity index is 862. The fourth-order valence-electron chi connectivity index (χ4n) is 5.14. The van der Waals surface area contributed by atoms with Crippen molar-refractivity contribution in [2.24, 2.45) is 11.8 Å². The number of fused-ring (bicyclic) bond motifs is 1. The fraction of sp³-hybridized carbons (Fsp3) is 0.739. The van der Waals surface area contributed by atoms with E-state index in [2.05, 4.69) is 34.2 Å². The van der Waals surface area contributed by atoms with Crippen molar-refractivity contribution in [3.8, 4) is 0 Å². The highest BCUT2D eigenvalue weighted by Gasteiger charge is 2.27. The molecule has 2 fully saturated rings. The molecule has 0 radical (unpaired) electrons. The Morgan fingerprint density at radius 3 is 2.50 bits per heavy atom. The van der Waals surface area contributed by atoms with Gasteiger partial charge in [-0.15, -0.1) is 0 Å². The van der Waals surface area contributed by atoms with Crippen LogP contribution >= 0.6 is 0 Å². The highest BCUT2D eigenvalue weighted by molar-refractivity contribution is 5.88. The third-order valence-electron chi connectivity index (χ3n) is 6.50. The minimum absolute atomic E-state index is 0.0983. The van der Waals surface area contributed by atoms with Gasteiger partial charge < -0.3 is 14.7 Å². The minimum Gasteiger partial charge on any atom is -0.355 e. The lowest BCUT2D eigenvalue weighted by Crippen LogP contribution is -2.39. The van der Waals surface area contributed by atoms with Crippen molar-refractivity contribution in [3.05, 3.63) is 11.5 Å². The van der Waals surface area contributed by atoms with E-state index >= 15 is 0 Å². The maximum atomic E-state index is 12.5. The molecule has 2 aromatic rings. The van der Waals surface area contributed by atoms with Crippen LogP contribution in [0.4, 0.5) is 5.82 Å². The summed E-state index contributed by atoms with van der Waals surface area (Å²) >= 11 is 0. The standard InChI is InChI=1S/C23H35N5O2/c1-15-12-16(2)14-28(13-15)22-21-17(3)27-30-23(21)26-19(25-22)10-11-20(29)24-18-8-6-4-5-7-9-18/h15-16,18H,4-14H2,1-3H3,(H,24,29). The summed E-state index contributed by atoms with van der Waals surface area (Å²) in [7, 11) is 0. The van der Waals surface area contributed by atoms with E-state index < -0.39 is 0 Å². The first-order valence-corrected chi connectivity index (χ1v) is 11.7. The van der Waals surface area contributed by atoms with Crippen molar-refractivity contribution in [2.75, 3.05) is 18.0 Å². The van der Waals surface area contributed by atoms with Gasteiger partial charge in [0.2, 0.25) is 5.91 Å². The van der Waals surface area contributed by atoms with Crippen molar-refractivity contribution in [2.45, 2.75) is 84.6 Å². The first kappa shape index (κ1) is 21.1. The van der Waals surface area contributed by atoms with Crippen molar-refractivity contribution in [1.29, 1.82) is 0 Å². The van der Waals surface area contributed by atoms with Crippen molar-refractivity contribution >= 4 is 22.8 Å². The number of nitrogens with zero attached hydrogens (tertiary/aromatic N) is 4. The van der Waals surface area contributed by atoms with Crippen LogP contribution in [0, 0.1) is 18.8 Å². The lowest BCUT2D eigenvalue weighted by atomic mass is 9.92. The molecule has 7 heteroatoms. The molecule has 2 aliphatic rings. The first-order chi connectivity index (χ1) is 14.5. The fourth-order valence-corrected chi connectivity index (χ4v) is 5.14. The summed E-state index contributed by atoms with van der Waals surface area (Å²) < 4.78 is 5.49. The van der Waals surface area contributed by atoms with Crippen LogP contribution < -0.4 is 10.2 Å². The van der Waals surface area contributed by atoms with E-state index in [0.717, 1.165) is 42.8 Å². The molecule has 1 amide bonds. The molecule has 7 nitrogen and oxygen atoms in total. The second kappa shape index (κ2) is 9.31. The maximum Gasteiger partial charge on any atom is 0.263 e. The molecule has 2 aromatic heterocycles. The highest BCUT2D eigenvalue weighted by atomic mass is 16.5. The minimum atomic E-state index is 0.0983. The van der Waals surface area contributed by atoms with Gasteiger partial charge >= 0.3 is 0 Å². The molecule has 2 unspecified atom stereocenters. The van der Waals surface area contributed by atoms with Crippen LogP contribution in [0.5, 0.6) is 0 Å². The lowest BCUT2D eigenvalue weighted by Gasteiger charge is -2.36. The normalized spacial score (nSPS) is 23.5. The number of piperidine rings is 1. The highest BCUT2D eigenvalue weighted by Crippen LogP contribution is 2.32. The molecule has 4 rings (SSSR count). The van der Waals surface area contributed by atoms with E-state index in [9.17, 15) is 4.79 Å². The molecule has 0 spiro atoms. The van der Waals surface area contributed by atoms with Gasteiger partial charge in [0.05, 0.1) is 5.69 Å². The number of amides is 1. The summed E-state index contributed by atoms with van der Waals surface area (Å²) in [6.07, 6.45) is 9.35. The van der Waals surface area contributed by atoms with E-state index in [1.54, 1.807) is 0 Å². The number of nitrogens with one attached hydrogen (secondary N) is 1. The van der Waals surface area contributed by atoms with Crippen LogP contribution in [0.1, 0.15) is 76.7 Å². The Morgan fingerprint density at radius 1 is 1.10 bits per heavy atom. The number of carbonyl (C=O) groups excluding carboxylic acids is 1. The molecule has 1 aliphatic carbocycles. The SMILES string of the molecule is Cc1noc2nc(CCC(=O)NC3CCCCCC3)nc(N3CC(C)CC(C)C3)c12. The van der Waals surface area contributed by atoms with Gasteiger partial charge in [-0.2, -0.15) is 4.98 Å². The van der Waals surface area contributed by atoms with Crippen molar-refractivity contribution in [1.82, 2.24) is 20.4 Å². The molecule has 0 bridgehead atoms. The van der Waals surface area contributed by atoms with Gasteiger partial charge in [0.25, 0.3) is 5.71 Å². The number of rotatable bonds is 5. The van der Waals surface area contributed by atoms with Crippen LogP contribution in [0.25, 0.3) is 11.1 Å². The van der Waals surface area contributed by atoms with Gasteiger partial charge in [-0.1, -0.05) is 44.7 Å². The molecular weight excluding hydrogens is 378 g/mol. The van der Waals surface area contributed by atoms with Gasteiger partial charge in [-0.3, -0.25) is 4.79 Å². The van der Waals surface area contributed by atoms with Crippen LogP contribution in [0.15, 0.2) is 4.52 Å². The summed E-state index contributed by atoms with van der Waals surface area (Å²) in [5.74, 6) is 2.91. The van der Waals surface area contributed by atoms with Crippen LogP contribution in [0.2, 0.25) is 0 Å². The Balaban J connectivity index is 1.48. The average molecular weight is 414 g/mol. The molecule has 1 N–H and O–H groups in total. The number of aryl methyl sites for hydroxylation is 2. The number of carbonyl (C=O) groups is 1. The van der Waals surface area contributed by atoms with E-state index in [4.69, 9.17) is 9.51 Å². The first-order valence-electron chi connectivity index (χ1n) is 11.7. The van der Waals surface area contributed by atoms with Crippen LogP contribution in [-0.2, 0) is 11.2 Å². The molecule has 1 saturated carbocycles. The Labute approximate surface area is 179 Å². The molecule has 1 aliphatic heterocycles. The summed E-state index contributed by atoms with van der Waals surface area (Å²) in [4.78, 5) is 24.3. The third-order valence-corrected chi connectivity index (χ3v) is 6.50. The summed E-state index contributed by atoms with van der Waals surface area (Å²) in [6.45, 7) is 8.47. The summed E-state index contributed by atoms with van der Waals surface area (Å²) in [5, 5.41) is 8.25. The van der Waals surface area contributed by atoms with Gasteiger partial charge in [-0.25, -0.2) is 4.98 Å². The van der Waals surface area contributed by atoms with Crippen LogP contribution in [-0.4, -0.2) is 40.2 Å². The smallest absolute Gasteiger partial charge is 0.263 e. The monoisotopic (exact) mass is 413 g/mol. The Kier molecular flexibility index (Phi) is 6.54. The number of hydrogen-bond acceptors (Lipinski definition) is 6. The molecule has 0 aromatic carbocycles. The van der Waals surface area contributed by atoms with Gasteiger partial charge in [-0.05, 0) is 38.0 Å². The van der Waals surface area contributed by atoms with E-state index in [0.29, 0.717) is 42.3 Å². The molecule has 2 atom stereocenters. The molecule has 3 heterocycles. The zero-order valence-electron chi connectivity index (χ0n) is 18.6. The summed E-state index contributed by atoms with van der Waals surface area (Å²) in [6, 6.07) is 0.326. The molecule has 164 valence electrons. The van der Waals surface area contributed by atoms with Crippen molar-refractivity contribution in [3.63, 3.8) is 0 Å². The quantitative estimate of drug-likeness (QED) is 0.740. The van der Waals surface area contributed by atoms with E-state index in [1.165, 1.54) is 32.1 Å². The van der Waals surface area contributed by atoms with E-state index in [-0.39, 0.29) is 5.91 Å². The summed E-state index contributed by atoms with van der Waals surface area (Å²) in [5.41, 5.74) is 1.35. The van der Waals surface area contributed by atoms with Crippen molar-refractivity contribution < 1.29 is 9.32 Å². The van der Waals surface area contributed by atoms with Gasteiger partial charge in [0, 0.05) is 32.0 Å².